The number of carboxylic acid groups (broad SMARTS) is 2. The van der Waals surface area contributed by atoms with E-state index in [9.17, 15) is 19.3 Å². The molecule has 0 bridgehead atoms. The van der Waals surface area contributed by atoms with Gasteiger partial charge in [-0.05, 0) is 6.42 Å². The molecule has 0 heterocycles. The highest BCUT2D eigenvalue weighted by Crippen LogP contribution is 2.53. The number of quaternary nitrogens is 1. The Morgan fingerprint density at radius 2 is 1.43 bits per heavy atom. The summed E-state index contributed by atoms with van der Waals surface area (Å²) in [5, 5.41) is 27.1. The van der Waals surface area contributed by atoms with Crippen molar-refractivity contribution >= 4 is 19.2 Å². The Bertz CT molecular complexity index is 478. The Labute approximate surface area is 124 Å². The third-order valence-corrected chi connectivity index (χ3v) is 7.64. The van der Waals surface area contributed by atoms with E-state index < -0.39 is 25.8 Å². The fraction of sp³-hybridized carbons (Fsp3) is 0.692. The number of aliphatic carboxylic acids is 2. The molecule has 0 aromatic rings. The van der Waals surface area contributed by atoms with Gasteiger partial charge in [0.2, 0.25) is 7.29 Å². The molecule has 0 aliphatic heterocycles. The van der Waals surface area contributed by atoms with E-state index >= 15 is 0 Å². The highest BCUT2D eigenvalue weighted by Gasteiger charge is 2.36. The number of aliphatic hydroxyl groups is 1. The molecule has 0 fully saturated rings. The summed E-state index contributed by atoms with van der Waals surface area (Å²) in [5.41, 5.74) is -0.604. The number of nitrogens with zero attached hydrogens (tertiary/aromatic N) is 1. The van der Waals surface area contributed by atoms with Gasteiger partial charge in [-0.15, -0.1) is 0 Å². The first-order valence-electron chi connectivity index (χ1n) is 6.69. The van der Waals surface area contributed by atoms with Crippen molar-refractivity contribution in [1.82, 2.24) is 0 Å². The minimum absolute atomic E-state index is 0.0857. The number of rotatable bonds is 9. The quantitative estimate of drug-likeness (QED) is 0.435. The van der Waals surface area contributed by atoms with Gasteiger partial charge in [0.15, 0.2) is 0 Å². The Hall–Kier alpha value is -1.17. The van der Waals surface area contributed by atoms with Crippen LogP contribution in [0.5, 0.6) is 0 Å². The molecule has 0 spiro atoms. The molecule has 0 saturated heterocycles. The van der Waals surface area contributed by atoms with Gasteiger partial charge in [-0.25, -0.2) is 9.59 Å². The van der Waals surface area contributed by atoms with Crippen molar-refractivity contribution in [2.45, 2.75) is 19.8 Å². The molecule has 21 heavy (non-hydrogen) atoms. The lowest BCUT2D eigenvalue weighted by Gasteiger charge is -2.33. The van der Waals surface area contributed by atoms with Crippen LogP contribution in [0.4, 0.5) is 0 Å². The molecule has 0 aromatic carbocycles. The van der Waals surface area contributed by atoms with Gasteiger partial charge in [0.05, 0.1) is 27.3 Å². The van der Waals surface area contributed by atoms with Crippen LogP contribution in [0.15, 0.2) is 11.1 Å². The number of aliphatic hydroxyl groups excluding tert-OH is 1. The Balaban J connectivity index is 5.48. The fourth-order valence-corrected chi connectivity index (χ4v) is 4.39. The zero-order valence-corrected chi connectivity index (χ0v) is 13.9. The third kappa shape index (κ3) is 5.26. The smallest absolute Gasteiger partial charge is 0.332 e. The SMILES string of the molecule is CCP(=O)(CC/C(C(=O)O)=C(\CCO)C(=O)O)[N+](C)(C)C. The molecular weight excluding hydrogens is 297 g/mol. The van der Waals surface area contributed by atoms with Gasteiger partial charge >= 0.3 is 11.9 Å². The lowest BCUT2D eigenvalue weighted by Crippen LogP contribution is -2.33. The first kappa shape index (κ1) is 19.8. The van der Waals surface area contributed by atoms with Crippen molar-refractivity contribution in [2.24, 2.45) is 0 Å². The Morgan fingerprint density at radius 3 is 1.71 bits per heavy atom. The summed E-state index contributed by atoms with van der Waals surface area (Å²) in [7, 11) is 2.65. The van der Waals surface area contributed by atoms with Gasteiger partial charge in [0.25, 0.3) is 0 Å². The van der Waals surface area contributed by atoms with E-state index in [0.29, 0.717) is 6.16 Å². The molecule has 0 aliphatic carbocycles. The summed E-state index contributed by atoms with van der Waals surface area (Å²) in [6.45, 7) is 1.33. The molecule has 1 atom stereocenters. The minimum atomic E-state index is -2.68. The Morgan fingerprint density at radius 1 is 1.00 bits per heavy atom. The van der Waals surface area contributed by atoms with Crippen LogP contribution in [0.1, 0.15) is 19.8 Å². The fourth-order valence-electron chi connectivity index (χ4n) is 2.05. The molecule has 0 saturated carbocycles. The number of hydrogen-bond donors (Lipinski definition) is 3. The molecule has 0 radical (unpaired) electrons. The first-order valence-corrected chi connectivity index (χ1v) is 8.72. The van der Waals surface area contributed by atoms with Crippen LogP contribution in [-0.2, 0) is 14.2 Å². The summed E-state index contributed by atoms with van der Waals surface area (Å²) in [4.78, 5) is 22.4. The minimum Gasteiger partial charge on any atom is -0.478 e. The molecule has 7 nitrogen and oxygen atoms in total. The van der Waals surface area contributed by atoms with Crippen LogP contribution >= 0.6 is 7.29 Å². The van der Waals surface area contributed by atoms with Gasteiger partial charge in [0, 0.05) is 30.3 Å². The van der Waals surface area contributed by atoms with Crippen LogP contribution in [0.25, 0.3) is 0 Å². The van der Waals surface area contributed by atoms with Crippen molar-refractivity contribution in [3.8, 4) is 0 Å². The zero-order valence-electron chi connectivity index (χ0n) is 13.0. The van der Waals surface area contributed by atoms with Crippen molar-refractivity contribution in [2.75, 3.05) is 40.1 Å². The number of carboxylic acids is 2. The summed E-state index contributed by atoms with van der Waals surface area (Å²) < 4.78 is 13.1. The van der Waals surface area contributed by atoms with E-state index in [1.54, 1.807) is 28.1 Å². The van der Waals surface area contributed by atoms with E-state index in [0.717, 1.165) is 0 Å². The van der Waals surface area contributed by atoms with Crippen LogP contribution < -0.4 is 0 Å². The maximum atomic E-state index is 12.8. The third-order valence-electron chi connectivity index (χ3n) is 3.54. The predicted molar refractivity (Wildman–Crippen MR) is 79.7 cm³/mol. The lowest BCUT2D eigenvalue weighted by atomic mass is 10.0. The van der Waals surface area contributed by atoms with E-state index in [2.05, 4.69) is 0 Å². The lowest BCUT2D eigenvalue weighted by molar-refractivity contribution is -0.746. The maximum Gasteiger partial charge on any atom is 0.332 e. The van der Waals surface area contributed by atoms with Gasteiger partial charge < -0.3 is 15.3 Å². The molecule has 8 heteroatoms. The topological polar surface area (TPSA) is 112 Å². The van der Waals surface area contributed by atoms with Gasteiger partial charge in [-0.2, -0.15) is 0 Å². The van der Waals surface area contributed by atoms with Crippen molar-refractivity contribution in [1.29, 1.82) is 0 Å². The molecule has 0 aromatic heterocycles. The Kier molecular flexibility index (Phi) is 7.30. The van der Waals surface area contributed by atoms with Crippen molar-refractivity contribution in [3.05, 3.63) is 11.1 Å². The molecule has 0 aliphatic rings. The van der Waals surface area contributed by atoms with E-state index in [-0.39, 0.29) is 34.4 Å². The second-order valence-corrected chi connectivity index (χ2v) is 9.59. The second-order valence-electron chi connectivity index (χ2n) is 5.62. The van der Waals surface area contributed by atoms with E-state index in [4.69, 9.17) is 10.2 Å². The average Bonchev–Trinajstić information content (AvgIpc) is 2.35. The summed E-state index contributed by atoms with van der Waals surface area (Å²) in [6, 6.07) is 0. The molecule has 0 amide bonds. The van der Waals surface area contributed by atoms with E-state index in [1.165, 1.54) is 0 Å². The number of hydrogen-bond acceptors (Lipinski definition) is 4. The van der Waals surface area contributed by atoms with E-state index in [1.807, 2.05) is 0 Å². The van der Waals surface area contributed by atoms with Gasteiger partial charge in [0.1, 0.15) is 0 Å². The molecule has 0 rings (SSSR count). The molecule has 1 unspecified atom stereocenters. The monoisotopic (exact) mass is 322 g/mol. The van der Waals surface area contributed by atoms with Crippen LogP contribution in [-0.4, -0.2) is 71.6 Å². The summed E-state index contributed by atoms with van der Waals surface area (Å²) >= 11 is 0. The second kappa shape index (κ2) is 7.73. The van der Waals surface area contributed by atoms with Gasteiger partial charge in [-0.1, -0.05) is 6.92 Å². The molecule has 122 valence electrons. The van der Waals surface area contributed by atoms with Crippen molar-refractivity contribution < 1.29 is 33.7 Å². The normalized spacial score (nSPS) is 16.0. The molecular formula is C13H25NO6P+. The van der Waals surface area contributed by atoms with Crippen LogP contribution in [0.3, 0.4) is 0 Å². The van der Waals surface area contributed by atoms with Crippen molar-refractivity contribution in [3.63, 3.8) is 0 Å². The van der Waals surface area contributed by atoms with Crippen LogP contribution in [0, 0.1) is 0 Å². The predicted octanol–water partition coefficient (Wildman–Crippen LogP) is 1.23. The standard InChI is InChI=1S/C13H24NO6P/c1-5-21(20,14(2,3)4)9-7-11(13(18)19)10(6-8-15)12(16)17/h15H,5-9H2,1-4H3,(H-,16,17,18,19)/p+1/b11-10-. The first-order chi connectivity index (χ1) is 9.50. The largest absolute Gasteiger partial charge is 0.478 e. The molecule has 3 N–H and O–H groups in total. The highest BCUT2D eigenvalue weighted by molar-refractivity contribution is 7.58. The highest BCUT2D eigenvalue weighted by atomic mass is 31.2. The zero-order chi connectivity index (χ0) is 16.8. The summed E-state index contributed by atoms with van der Waals surface area (Å²) in [6.07, 6.45) is 0.206. The average molecular weight is 322 g/mol. The summed E-state index contributed by atoms with van der Waals surface area (Å²) in [5.74, 6) is -2.71. The number of carbonyl (C=O) groups is 2. The van der Waals surface area contributed by atoms with Crippen LogP contribution in [0.2, 0.25) is 0 Å². The van der Waals surface area contributed by atoms with Gasteiger partial charge in [-0.3, -0.25) is 8.82 Å². The maximum absolute atomic E-state index is 12.8.